The largest absolute Gasteiger partial charge is 0.461 e. The number of amides is 1. The van der Waals surface area contributed by atoms with Crippen LogP contribution in [-0.2, 0) is 14.3 Å². The summed E-state index contributed by atoms with van der Waals surface area (Å²) in [6, 6.07) is -0.752. The zero-order chi connectivity index (χ0) is 48.8. The molecule has 3 unspecified atom stereocenters. The summed E-state index contributed by atoms with van der Waals surface area (Å²) < 4.78 is 5.86. The third kappa shape index (κ3) is 48.3. The number of rotatable bonds is 46. The Labute approximate surface area is 412 Å². The van der Waals surface area contributed by atoms with Gasteiger partial charge in [0.2, 0.25) is 5.91 Å². The molecule has 0 aliphatic rings. The topological polar surface area (TPSA) is 95.9 Å². The highest BCUT2D eigenvalue weighted by Crippen LogP contribution is 2.16. The van der Waals surface area contributed by atoms with Gasteiger partial charge in [0.1, 0.15) is 6.10 Å². The van der Waals surface area contributed by atoms with Crippen molar-refractivity contribution in [3.8, 4) is 0 Å². The highest BCUT2D eigenvalue weighted by Gasteiger charge is 2.23. The molecular formula is C61H99NO5. The number of allylic oxidation sites excluding steroid dienone is 21. The molecule has 0 saturated heterocycles. The second kappa shape index (κ2) is 53.0. The number of unbranched alkanes of at least 4 members (excludes halogenated alkanes) is 18. The molecule has 0 heterocycles. The lowest BCUT2D eigenvalue weighted by Gasteiger charge is -2.24. The number of ether oxygens (including phenoxy) is 1. The van der Waals surface area contributed by atoms with Gasteiger partial charge in [-0.1, -0.05) is 264 Å². The summed E-state index contributed by atoms with van der Waals surface area (Å²) in [5.41, 5.74) is 0. The van der Waals surface area contributed by atoms with Gasteiger partial charge >= 0.3 is 5.97 Å². The first-order valence-corrected chi connectivity index (χ1v) is 27.0. The van der Waals surface area contributed by atoms with Crippen LogP contribution in [0.25, 0.3) is 0 Å². The molecule has 0 fully saturated rings. The molecule has 3 N–H and O–H groups in total. The van der Waals surface area contributed by atoms with Gasteiger partial charge in [0.15, 0.2) is 0 Å². The molecule has 0 bridgehead atoms. The Kier molecular flexibility index (Phi) is 49.8. The molecule has 1 amide bonds. The number of esters is 1. The Morgan fingerprint density at radius 1 is 0.478 bits per heavy atom. The molecule has 378 valence electrons. The van der Waals surface area contributed by atoms with E-state index in [2.05, 4.69) is 86.8 Å². The number of carbonyl (C=O) groups is 2. The maximum Gasteiger partial charge on any atom is 0.306 e. The summed E-state index contributed by atoms with van der Waals surface area (Å²) in [6.45, 7) is 6.18. The Hall–Kier alpha value is -4.00. The second-order valence-corrected chi connectivity index (χ2v) is 17.7. The number of aliphatic hydroxyl groups is 2. The van der Waals surface area contributed by atoms with E-state index >= 15 is 0 Å². The van der Waals surface area contributed by atoms with Crippen molar-refractivity contribution in [2.45, 2.75) is 232 Å². The maximum atomic E-state index is 13.2. The molecule has 0 aliphatic heterocycles. The third-order valence-corrected chi connectivity index (χ3v) is 11.4. The molecule has 67 heavy (non-hydrogen) atoms. The quantitative estimate of drug-likeness (QED) is 0.0245. The molecule has 0 aromatic carbocycles. The summed E-state index contributed by atoms with van der Waals surface area (Å²) in [5.74, 6) is -0.643. The van der Waals surface area contributed by atoms with Crippen molar-refractivity contribution in [2.75, 3.05) is 6.61 Å². The molecular weight excluding hydrogens is 827 g/mol. The lowest BCUT2D eigenvalue weighted by atomic mass is 10.0. The van der Waals surface area contributed by atoms with E-state index in [1.165, 1.54) is 83.5 Å². The van der Waals surface area contributed by atoms with Gasteiger partial charge in [0, 0.05) is 12.8 Å². The lowest BCUT2D eigenvalue weighted by Crippen LogP contribution is -2.46. The molecule has 0 radical (unpaired) electrons. The van der Waals surface area contributed by atoms with Crippen molar-refractivity contribution < 1.29 is 24.5 Å². The zero-order valence-electron chi connectivity index (χ0n) is 43.0. The van der Waals surface area contributed by atoms with Gasteiger partial charge < -0.3 is 20.3 Å². The van der Waals surface area contributed by atoms with Crippen LogP contribution in [0.1, 0.15) is 213 Å². The smallest absolute Gasteiger partial charge is 0.306 e. The van der Waals surface area contributed by atoms with Crippen LogP contribution in [0.3, 0.4) is 0 Å². The fourth-order valence-electron chi connectivity index (χ4n) is 7.37. The van der Waals surface area contributed by atoms with Crippen LogP contribution in [0.15, 0.2) is 134 Å². The SMILES string of the molecule is CC\C=C/C=C/C=C/C=C\C=C\C=C\CCCCCC(=O)OC(C/C=C\C/C=C\C/C=C\C/C=C\C/C=C\CC)CC(=O)NC(CO)C(O)CCCCCCCCCCCCCCCCCC. The van der Waals surface area contributed by atoms with Crippen LogP contribution in [0, 0.1) is 0 Å². The number of carbonyl (C=O) groups excluding carboxylic acids is 2. The Bertz CT molecular complexity index is 1460. The van der Waals surface area contributed by atoms with Crippen LogP contribution >= 0.6 is 0 Å². The van der Waals surface area contributed by atoms with Gasteiger partial charge in [-0.3, -0.25) is 9.59 Å². The van der Waals surface area contributed by atoms with Crippen molar-refractivity contribution in [2.24, 2.45) is 0 Å². The van der Waals surface area contributed by atoms with Crippen LogP contribution in [0.4, 0.5) is 0 Å². The normalized spacial score (nSPS) is 14.3. The van der Waals surface area contributed by atoms with Gasteiger partial charge in [-0.15, -0.1) is 0 Å². The van der Waals surface area contributed by atoms with Crippen LogP contribution in [-0.4, -0.2) is 46.9 Å². The second-order valence-electron chi connectivity index (χ2n) is 17.7. The Balaban J connectivity index is 4.80. The van der Waals surface area contributed by atoms with Crippen LogP contribution in [0.2, 0.25) is 0 Å². The molecule has 0 aromatic rings. The van der Waals surface area contributed by atoms with Crippen molar-refractivity contribution in [1.82, 2.24) is 5.32 Å². The summed E-state index contributed by atoms with van der Waals surface area (Å²) >= 11 is 0. The summed E-state index contributed by atoms with van der Waals surface area (Å²) in [6.07, 6.45) is 75.2. The predicted octanol–water partition coefficient (Wildman–Crippen LogP) is 16.6. The predicted molar refractivity (Wildman–Crippen MR) is 291 cm³/mol. The highest BCUT2D eigenvalue weighted by molar-refractivity contribution is 5.77. The van der Waals surface area contributed by atoms with Crippen molar-refractivity contribution >= 4 is 11.9 Å². The fourth-order valence-corrected chi connectivity index (χ4v) is 7.37. The van der Waals surface area contributed by atoms with Gasteiger partial charge in [-0.25, -0.2) is 0 Å². The van der Waals surface area contributed by atoms with E-state index in [-0.39, 0.29) is 24.9 Å². The third-order valence-electron chi connectivity index (χ3n) is 11.4. The Morgan fingerprint density at radius 2 is 0.896 bits per heavy atom. The van der Waals surface area contributed by atoms with Gasteiger partial charge in [-0.2, -0.15) is 0 Å². The summed E-state index contributed by atoms with van der Waals surface area (Å²) in [5, 5.41) is 23.8. The molecule has 0 aliphatic carbocycles. The molecule has 0 aromatic heterocycles. The first kappa shape index (κ1) is 63.0. The minimum atomic E-state index is -0.830. The van der Waals surface area contributed by atoms with E-state index in [0.29, 0.717) is 19.3 Å². The fraction of sp³-hybridized carbons (Fsp3) is 0.607. The average molecular weight is 926 g/mol. The zero-order valence-corrected chi connectivity index (χ0v) is 43.0. The first-order chi connectivity index (χ1) is 33.0. The highest BCUT2D eigenvalue weighted by atomic mass is 16.5. The minimum absolute atomic E-state index is 0.0280. The standard InChI is InChI=1S/C61H99NO5/c1-4-7-10-13-16-19-22-25-28-30-33-36-39-42-45-48-51-54-61(66)67-57(52-49-46-43-40-37-34-31-27-24-21-18-15-12-9-6-3)55-60(65)62-58(56-63)59(64)53-50-47-44-41-38-35-32-29-26-23-20-17-14-11-8-5-2/h7,9-10,12-13,16,18-19,21-22,25,27-28,30-31,33,36-37,39-40,46,49,57-59,63-64H,4-6,8,11,14-15,17,20,23-24,26,29,32,34-35,38,41-45,47-48,50-56H2,1-3H3,(H,62,65)/b10-7-,12-9-,16-13+,21-18-,22-19+,28-25-,31-27-,33-30+,39-36+,40-37-,49-46-. The van der Waals surface area contributed by atoms with E-state index in [0.717, 1.165) is 83.5 Å². The van der Waals surface area contributed by atoms with Gasteiger partial charge in [0.05, 0.1) is 25.2 Å². The van der Waals surface area contributed by atoms with E-state index in [4.69, 9.17) is 4.74 Å². The number of aliphatic hydroxyl groups excluding tert-OH is 2. The Morgan fingerprint density at radius 3 is 1.37 bits per heavy atom. The number of hydrogen-bond acceptors (Lipinski definition) is 5. The van der Waals surface area contributed by atoms with Gasteiger partial charge in [0.25, 0.3) is 0 Å². The molecule has 6 nitrogen and oxygen atoms in total. The summed E-state index contributed by atoms with van der Waals surface area (Å²) in [4.78, 5) is 26.2. The monoisotopic (exact) mass is 926 g/mol. The maximum absolute atomic E-state index is 13.2. The lowest BCUT2D eigenvalue weighted by molar-refractivity contribution is -0.150. The summed E-state index contributed by atoms with van der Waals surface area (Å²) in [7, 11) is 0. The molecule has 0 saturated carbocycles. The van der Waals surface area contributed by atoms with E-state index in [1.54, 1.807) is 0 Å². The van der Waals surface area contributed by atoms with Crippen molar-refractivity contribution in [3.63, 3.8) is 0 Å². The molecule has 0 rings (SSSR count). The van der Waals surface area contributed by atoms with Crippen LogP contribution < -0.4 is 5.32 Å². The number of hydrogen-bond donors (Lipinski definition) is 3. The molecule has 3 atom stereocenters. The first-order valence-electron chi connectivity index (χ1n) is 27.0. The molecule has 6 heteroatoms. The van der Waals surface area contributed by atoms with Crippen LogP contribution in [0.5, 0.6) is 0 Å². The van der Waals surface area contributed by atoms with Crippen molar-refractivity contribution in [1.29, 1.82) is 0 Å². The van der Waals surface area contributed by atoms with E-state index < -0.39 is 18.2 Å². The van der Waals surface area contributed by atoms with Gasteiger partial charge in [-0.05, 0) is 64.2 Å². The molecule has 0 spiro atoms. The average Bonchev–Trinajstić information content (AvgIpc) is 3.32. The minimum Gasteiger partial charge on any atom is -0.461 e. The van der Waals surface area contributed by atoms with Crippen molar-refractivity contribution in [3.05, 3.63) is 134 Å². The van der Waals surface area contributed by atoms with E-state index in [9.17, 15) is 19.8 Å². The number of nitrogens with one attached hydrogen (secondary N) is 1. The van der Waals surface area contributed by atoms with E-state index in [1.807, 2.05) is 72.9 Å².